The highest BCUT2D eigenvalue weighted by molar-refractivity contribution is 7.80. The van der Waals surface area contributed by atoms with Gasteiger partial charge in [0.1, 0.15) is 11.5 Å². The second-order valence-electron chi connectivity index (χ2n) is 9.40. The first-order chi connectivity index (χ1) is 18.6. The van der Waals surface area contributed by atoms with Crippen LogP contribution in [0, 0.1) is 13.8 Å². The Bertz CT molecular complexity index is 1550. The molecular formula is C32H28N4OS. The number of nitrogens with zero attached hydrogens (tertiary/aromatic N) is 3. The van der Waals surface area contributed by atoms with Crippen molar-refractivity contribution in [2.75, 3.05) is 4.90 Å². The minimum absolute atomic E-state index is 0.0815. The summed E-state index contributed by atoms with van der Waals surface area (Å²) in [6.45, 7) is 4.33. The van der Waals surface area contributed by atoms with Gasteiger partial charge in [0.25, 0.3) is 0 Å². The number of benzene rings is 3. The van der Waals surface area contributed by atoms with Crippen LogP contribution < -0.4 is 15.0 Å². The number of rotatable bonds is 6. The number of para-hydroxylation sites is 2. The van der Waals surface area contributed by atoms with Crippen LogP contribution in [0.25, 0.3) is 5.69 Å². The maximum Gasteiger partial charge on any atom is 0.174 e. The van der Waals surface area contributed by atoms with Crippen molar-refractivity contribution in [2.24, 2.45) is 0 Å². The summed E-state index contributed by atoms with van der Waals surface area (Å²) in [4.78, 5) is 6.91. The van der Waals surface area contributed by atoms with E-state index in [9.17, 15) is 0 Å². The summed E-state index contributed by atoms with van der Waals surface area (Å²) in [7, 11) is 0. The number of thiocarbonyl (C=S) groups is 1. The van der Waals surface area contributed by atoms with Crippen LogP contribution in [0.5, 0.6) is 11.5 Å². The zero-order valence-corrected chi connectivity index (χ0v) is 22.1. The fourth-order valence-corrected chi connectivity index (χ4v) is 5.66. The first-order valence-corrected chi connectivity index (χ1v) is 13.1. The van der Waals surface area contributed by atoms with E-state index in [1.165, 1.54) is 17.0 Å². The van der Waals surface area contributed by atoms with E-state index >= 15 is 0 Å². The monoisotopic (exact) mass is 516 g/mol. The Hall–Kier alpha value is -4.42. The lowest BCUT2D eigenvalue weighted by molar-refractivity contribution is 0.482. The molecule has 6 heteroatoms. The molecule has 38 heavy (non-hydrogen) atoms. The molecular weight excluding hydrogens is 488 g/mol. The van der Waals surface area contributed by atoms with Crippen LogP contribution in [0.2, 0.25) is 0 Å². The van der Waals surface area contributed by atoms with Crippen molar-refractivity contribution in [1.29, 1.82) is 0 Å². The Morgan fingerprint density at radius 2 is 1.42 bits per heavy atom. The average Bonchev–Trinajstić information content (AvgIpc) is 3.45. The maximum atomic E-state index is 6.03. The van der Waals surface area contributed by atoms with Gasteiger partial charge in [-0.05, 0) is 98.4 Å². The topological polar surface area (TPSA) is 42.3 Å². The zero-order valence-electron chi connectivity index (χ0n) is 21.3. The largest absolute Gasteiger partial charge is 0.457 e. The molecule has 1 saturated heterocycles. The Morgan fingerprint density at radius 1 is 0.763 bits per heavy atom. The lowest BCUT2D eigenvalue weighted by Gasteiger charge is -2.28. The van der Waals surface area contributed by atoms with Crippen molar-refractivity contribution in [1.82, 2.24) is 14.9 Å². The van der Waals surface area contributed by atoms with E-state index in [-0.39, 0.29) is 12.1 Å². The van der Waals surface area contributed by atoms with E-state index in [1.54, 1.807) is 0 Å². The highest BCUT2D eigenvalue weighted by atomic mass is 32.1. The molecule has 3 heterocycles. The standard InChI is InChI=1S/C32H28N4OS/c1-22-21-28(23(2)35(22)24-11-5-3-6-12-24)31-30(29-15-9-10-20-33-29)34-32(38)36(31)25-16-18-27(19-17-25)37-26-13-7-4-8-14-26/h3-21,30-31H,1-2H3,(H,34,38)/t30-,31+/m0/s1. The smallest absolute Gasteiger partial charge is 0.174 e. The van der Waals surface area contributed by atoms with Crippen LogP contribution in [0.1, 0.15) is 34.7 Å². The third kappa shape index (κ3) is 4.44. The minimum atomic E-state index is -0.103. The number of pyridine rings is 1. The van der Waals surface area contributed by atoms with Gasteiger partial charge in [-0.25, -0.2) is 0 Å². The molecule has 5 aromatic rings. The van der Waals surface area contributed by atoms with Gasteiger partial charge in [0, 0.05) is 29.0 Å². The Labute approximate surface area is 228 Å². The third-order valence-corrected chi connectivity index (χ3v) is 7.31. The summed E-state index contributed by atoms with van der Waals surface area (Å²) in [6, 6.07) is 36.5. The Morgan fingerprint density at radius 3 is 2.11 bits per heavy atom. The van der Waals surface area contributed by atoms with Crippen molar-refractivity contribution in [2.45, 2.75) is 25.9 Å². The molecule has 2 atom stereocenters. The van der Waals surface area contributed by atoms with E-state index < -0.39 is 0 Å². The van der Waals surface area contributed by atoms with Gasteiger partial charge in [-0.2, -0.15) is 0 Å². The summed E-state index contributed by atoms with van der Waals surface area (Å²) in [5.41, 5.74) is 6.66. The van der Waals surface area contributed by atoms with Gasteiger partial charge in [-0.15, -0.1) is 0 Å². The maximum absolute atomic E-state index is 6.03. The van der Waals surface area contributed by atoms with Crippen molar-refractivity contribution in [3.05, 3.63) is 138 Å². The van der Waals surface area contributed by atoms with E-state index in [4.69, 9.17) is 21.9 Å². The summed E-state index contributed by atoms with van der Waals surface area (Å²) in [5, 5.41) is 4.24. The molecule has 6 rings (SSSR count). The van der Waals surface area contributed by atoms with Crippen LogP contribution >= 0.6 is 12.2 Å². The fraction of sp³-hybridized carbons (Fsp3) is 0.125. The summed E-state index contributed by atoms with van der Waals surface area (Å²) >= 11 is 5.94. The first kappa shape index (κ1) is 23.9. The fourth-order valence-electron chi connectivity index (χ4n) is 5.31. The molecule has 0 bridgehead atoms. The van der Waals surface area contributed by atoms with Crippen molar-refractivity contribution in [3.63, 3.8) is 0 Å². The second-order valence-corrected chi connectivity index (χ2v) is 9.79. The van der Waals surface area contributed by atoms with Crippen molar-refractivity contribution < 1.29 is 4.74 Å². The van der Waals surface area contributed by atoms with E-state index in [2.05, 4.69) is 77.2 Å². The normalized spacial score (nSPS) is 16.9. The molecule has 2 aromatic heterocycles. The molecule has 1 aliphatic heterocycles. The number of anilines is 1. The molecule has 0 amide bonds. The predicted molar refractivity (Wildman–Crippen MR) is 156 cm³/mol. The number of aromatic nitrogens is 2. The lowest BCUT2D eigenvalue weighted by atomic mass is 9.96. The number of ether oxygens (including phenoxy) is 1. The van der Waals surface area contributed by atoms with Crippen LogP contribution in [0.4, 0.5) is 5.69 Å². The molecule has 1 aliphatic rings. The number of nitrogens with one attached hydrogen (secondary N) is 1. The van der Waals surface area contributed by atoms with Gasteiger partial charge >= 0.3 is 0 Å². The molecule has 0 aliphatic carbocycles. The first-order valence-electron chi connectivity index (χ1n) is 12.7. The lowest BCUT2D eigenvalue weighted by Crippen LogP contribution is -2.29. The summed E-state index contributed by atoms with van der Waals surface area (Å²) in [6.07, 6.45) is 1.84. The van der Waals surface area contributed by atoms with Gasteiger partial charge in [0.2, 0.25) is 0 Å². The zero-order chi connectivity index (χ0) is 26.1. The minimum Gasteiger partial charge on any atom is -0.457 e. The molecule has 1 fully saturated rings. The van der Waals surface area contributed by atoms with E-state index in [0.29, 0.717) is 5.11 Å². The van der Waals surface area contributed by atoms with Crippen molar-refractivity contribution in [3.8, 4) is 17.2 Å². The van der Waals surface area contributed by atoms with Crippen LogP contribution in [-0.2, 0) is 0 Å². The highest BCUT2D eigenvalue weighted by Crippen LogP contribution is 2.44. The summed E-state index contributed by atoms with van der Waals surface area (Å²) in [5.74, 6) is 1.58. The molecule has 5 nitrogen and oxygen atoms in total. The third-order valence-electron chi connectivity index (χ3n) is 7.00. The SMILES string of the molecule is Cc1cc([C@@H]2[C@H](c3ccccn3)NC(=S)N2c2ccc(Oc3ccccc3)cc2)c(C)n1-c1ccccc1. The molecule has 0 unspecified atom stereocenters. The molecule has 3 aromatic carbocycles. The highest BCUT2D eigenvalue weighted by Gasteiger charge is 2.42. The number of hydrogen-bond donors (Lipinski definition) is 1. The van der Waals surface area contributed by atoms with Gasteiger partial charge < -0.3 is 19.5 Å². The molecule has 0 radical (unpaired) electrons. The van der Waals surface area contributed by atoms with Gasteiger partial charge in [-0.3, -0.25) is 4.98 Å². The van der Waals surface area contributed by atoms with Crippen molar-refractivity contribution >= 4 is 23.0 Å². The second kappa shape index (κ2) is 10.1. The summed E-state index contributed by atoms with van der Waals surface area (Å²) < 4.78 is 8.34. The number of hydrogen-bond acceptors (Lipinski definition) is 3. The average molecular weight is 517 g/mol. The van der Waals surface area contributed by atoms with E-state index in [1.807, 2.05) is 66.9 Å². The molecule has 0 saturated carbocycles. The molecule has 1 N–H and O–H groups in total. The van der Waals surface area contributed by atoms with Crippen LogP contribution in [0.15, 0.2) is 115 Å². The predicted octanol–water partition coefficient (Wildman–Crippen LogP) is 7.46. The Balaban J connectivity index is 1.42. The van der Waals surface area contributed by atoms with Gasteiger partial charge in [0.15, 0.2) is 5.11 Å². The van der Waals surface area contributed by atoms with Crippen LogP contribution in [-0.4, -0.2) is 14.7 Å². The number of aryl methyl sites for hydroxylation is 1. The Kier molecular flexibility index (Phi) is 6.40. The quantitative estimate of drug-likeness (QED) is 0.237. The van der Waals surface area contributed by atoms with Gasteiger partial charge in [-0.1, -0.05) is 42.5 Å². The molecule has 188 valence electrons. The van der Waals surface area contributed by atoms with Gasteiger partial charge in [0.05, 0.1) is 17.8 Å². The molecule has 0 spiro atoms. The van der Waals surface area contributed by atoms with Crippen LogP contribution in [0.3, 0.4) is 0 Å². The van der Waals surface area contributed by atoms with E-state index in [0.717, 1.165) is 28.6 Å².